The van der Waals surface area contributed by atoms with Gasteiger partial charge >= 0.3 is 6.18 Å². The molecule has 1 aromatic carbocycles. The van der Waals surface area contributed by atoms with Crippen molar-refractivity contribution >= 4 is 22.4 Å². The van der Waals surface area contributed by atoms with Crippen LogP contribution in [0.2, 0.25) is 0 Å². The number of alkyl halides is 3. The van der Waals surface area contributed by atoms with Gasteiger partial charge in [0.15, 0.2) is 0 Å². The molecular formula is C16H21ClF4N2O2S. The fraction of sp³-hybridized carbons (Fsp3) is 0.625. The third-order valence-corrected chi connectivity index (χ3v) is 6.67. The van der Waals surface area contributed by atoms with E-state index in [1.807, 2.05) is 0 Å². The molecule has 0 spiro atoms. The highest BCUT2D eigenvalue weighted by Gasteiger charge is 2.40. The third-order valence-electron chi connectivity index (χ3n) is 4.71. The minimum absolute atomic E-state index is 0. The Kier molecular flexibility index (Phi) is 6.58. The largest absolute Gasteiger partial charge is 0.417 e. The van der Waals surface area contributed by atoms with Crippen molar-refractivity contribution in [2.24, 2.45) is 5.92 Å². The summed E-state index contributed by atoms with van der Waals surface area (Å²) in [5, 5.41) is 3.39. The molecule has 0 radical (unpaired) electrons. The lowest BCUT2D eigenvalue weighted by atomic mass is 10.1. The molecular weight excluding hydrogens is 396 g/mol. The quantitative estimate of drug-likeness (QED) is 0.748. The Hall–Kier alpha value is -0.900. The highest BCUT2D eigenvalue weighted by molar-refractivity contribution is 7.89. The van der Waals surface area contributed by atoms with E-state index in [-0.39, 0.29) is 37.6 Å². The minimum atomic E-state index is -4.94. The van der Waals surface area contributed by atoms with Gasteiger partial charge in [0.05, 0.1) is 10.5 Å². The second-order valence-electron chi connectivity index (χ2n) is 6.67. The molecule has 1 N–H and O–H groups in total. The summed E-state index contributed by atoms with van der Waals surface area (Å²) >= 11 is 0. The van der Waals surface area contributed by atoms with Crippen LogP contribution in [0.4, 0.5) is 17.6 Å². The smallest absolute Gasteiger partial charge is 0.314 e. The molecule has 1 aromatic rings. The summed E-state index contributed by atoms with van der Waals surface area (Å²) in [6, 6.07) is 1.86. The average Bonchev–Trinajstić information content (AvgIpc) is 3.36. The van der Waals surface area contributed by atoms with Gasteiger partial charge in [0.2, 0.25) is 10.0 Å². The molecule has 0 aromatic heterocycles. The summed E-state index contributed by atoms with van der Waals surface area (Å²) in [7, 11) is -4.32. The number of rotatable bonds is 5. The standard InChI is InChI=1S/C16H20F4N2O2S.ClH/c17-12-3-4-15(14(9-12)16(18,19)20)25(23,24)22-7-5-13(6-8-22)21-10-11-1-2-11;/h3-4,9,11,13,21H,1-2,5-8,10H2;1H. The predicted octanol–water partition coefficient (Wildman–Crippen LogP) is 3.42. The zero-order valence-electron chi connectivity index (χ0n) is 13.9. The number of benzene rings is 1. The lowest BCUT2D eigenvalue weighted by molar-refractivity contribution is -0.140. The van der Waals surface area contributed by atoms with Crippen molar-refractivity contribution in [1.82, 2.24) is 9.62 Å². The van der Waals surface area contributed by atoms with Crippen molar-refractivity contribution < 1.29 is 26.0 Å². The fourth-order valence-corrected chi connectivity index (χ4v) is 4.71. The van der Waals surface area contributed by atoms with Crippen molar-refractivity contribution in [1.29, 1.82) is 0 Å². The second kappa shape index (κ2) is 8.00. The first-order chi connectivity index (χ1) is 11.7. The van der Waals surface area contributed by atoms with Crippen LogP contribution in [-0.4, -0.2) is 38.4 Å². The Labute approximate surface area is 156 Å². The molecule has 0 unspecified atom stereocenters. The van der Waals surface area contributed by atoms with E-state index in [4.69, 9.17) is 0 Å². The summed E-state index contributed by atoms with van der Waals surface area (Å²) < 4.78 is 78.9. The number of hydrogen-bond donors (Lipinski definition) is 1. The highest BCUT2D eigenvalue weighted by Crippen LogP contribution is 2.36. The summed E-state index contributed by atoms with van der Waals surface area (Å²) in [6.07, 6.45) is -1.41. The third kappa shape index (κ3) is 4.88. The van der Waals surface area contributed by atoms with E-state index in [1.54, 1.807) is 0 Å². The lowest BCUT2D eigenvalue weighted by Crippen LogP contribution is -2.45. The minimum Gasteiger partial charge on any atom is -0.314 e. The molecule has 1 saturated carbocycles. The van der Waals surface area contributed by atoms with E-state index in [0.717, 1.165) is 16.9 Å². The van der Waals surface area contributed by atoms with Gasteiger partial charge in [-0.2, -0.15) is 17.5 Å². The Morgan fingerprint density at radius 3 is 2.27 bits per heavy atom. The monoisotopic (exact) mass is 416 g/mol. The fourth-order valence-electron chi connectivity index (χ4n) is 3.04. The van der Waals surface area contributed by atoms with E-state index in [2.05, 4.69) is 5.32 Å². The number of nitrogens with zero attached hydrogens (tertiary/aromatic N) is 1. The summed E-state index contributed by atoms with van der Waals surface area (Å²) in [5.74, 6) is -0.412. The van der Waals surface area contributed by atoms with Crippen LogP contribution in [0, 0.1) is 11.7 Å². The number of piperidine rings is 1. The van der Waals surface area contributed by atoms with Crippen LogP contribution in [0.3, 0.4) is 0 Å². The van der Waals surface area contributed by atoms with E-state index in [9.17, 15) is 26.0 Å². The Morgan fingerprint density at radius 2 is 1.73 bits per heavy atom. The number of nitrogens with one attached hydrogen (secondary N) is 1. The molecule has 0 bridgehead atoms. The first kappa shape index (κ1) is 21.4. The average molecular weight is 417 g/mol. The number of hydrogen-bond acceptors (Lipinski definition) is 3. The topological polar surface area (TPSA) is 49.4 Å². The van der Waals surface area contributed by atoms with Gasteiger partial charge in [0.25, 0.3) is 0 Å². The van der Waals surface area contributed by atoms with E-state index >= 15 is 0 Å². The van der Waals surface area contributed by atoms with Gasteiger partial charge in [-0.3, -0.25) is 0 Å². The molecule has 1 aliphatic carbocycles. The van der Waals surface area contributed by atoms with Crippen molar-refractivity contribution in [3.63, 3.8) is 0 Å². The molecule has 1 aliphatic heterocycles. The van der Waals surface area contributed by atoms with Crippen LogP contribution in [0.1, 0.15) is 31.2 Å². The van der Waals surface area contributed by atoms with E-state index < -0.39 is 32.5 Å². The highest BCUT2D eigenvalue weighted by atomic mass is 35.5. The summed E-state index contributed by atoms with van der Waals surface area (Å²) in [5.41, 5.74) is -1.46. The van der Waals surface area contributed by atoms with E-state index in [0.29, 0.717) is 24.8 Å². The van der Waals surface area contributed by atoms with Crippen molar-refractivity contribution in [3.8, 4) is 0 Å². The van der Waals surface area contributed by atoms with Gasteiger partial charge in [-0.25, -0.2) is 12.8 Å². The molecule has 10 heteroatoms. The lowest BCUT2D eigenvalue weighted by Gasteiger charge is -2.32. The zero-order valence-corrected chi connectivity index (χ0v) is 15.6. The van der Waals surface area contributed by atoms with Crippen LogP contribution in [0.5, 0.6) is 0 Å². The SMILES string of the molecule is Cl.O=S(=O)(c1ccc(F)cc1C(F)(F)F)N1CCC(NCC2CC2)CC1. The maximum atomic E-state index is 13.2. The first-order valence-electron chi connectivity index (χ1n) is 8.28. The normalized spacial score (nSPS) is 20.0. The van der Waals surface area contributed by atoms with Gasteiger partial charge in [-0.15, -0.1) is 12.4 Å². The molecule has 1 heterocycles. The molecule has 2 fully saturated rings. The van der Waals surface area contributed by atoms with Gasteiger partial charge in [-0.05, 0) is 56.3 Å². The van der Waals surface area contributed by atoms with Gasteiger partial charge < -0.3 is 5.32 Å². The van der Waals surface area contributed by atoms with E-state index in [1.165, 1.54) is 12.8 Å². The zero-order chi connectivity index (χ0) is 18.2. The number of sulfonamides is 1. The van der Waals surface area contributed by atoms with Gasteiger partial charge in [0.1, 0.15) is 5.82 Å². The first-order valence-corrected chi connectivity index (χ1v) is 9.72. The molecule has 1 saturated heterocycles. The van der Waals surface area contributed by atoms with Crippen LogP contribution in [0.25, 0.3) is 0 Å². The Balaban J connectivity index is 0.00000243. The van der Waals surface area contributed by atoms with Crippen molar-refractivity contribution in [2.45, 2.75) is 42.8 Å². The summed E-state index contributed by atoms with van der Waals surface area (Å²) in [4.78, 5) is -0.884. The van der Waals surface area contributed by atoms with Gasteiger partial charge in [-0.1, -0.05) is 0 Å². The Bertz CT molecular complexity index is 730. The summed E-state index contributed by atoms with van der Waals surface area (Å²) in [6.45, 7) is 1.21. The van der Waals surface area contributed by atoms with Crippen molar-refractivity contribution in [3.05, 3.63) is 29.6 Å². The van der Waals surface area contributed by atoms with Crippen LogP contribution in [-0.2, 0) is 16.2 Å². The molecule has 2 aliphatic rings. The maximum Gasteiger partial charge on any atom is 0.417 e. The van der Waals surface area contributed by atoms with Crippen molar-refractivity contribution in [2.75, 3.05) is 19.6 Å². The Morgan fingerprint density at radius 1 is 1.12 bits per heavy atom. The van der Waals surface area contributed by atoms with Gasteiger partial charge in [0, 0.05) is 19.1 Å². The predicted molar refractivity (Wildman–Crippen MR) is 91.2 cm³/mol. The van der Waals surface area contributed by atoms with Crippen LogP contribution < -0.4 is 5.32 Å². The second-order valence-corrected chi connectivity index (χ2v) is 8.57. The van der Waals surface area contributed by atoms with Crippen LogP contribution in [0.15, 0.2) is 23.1 Å². The molecule has 0 atom stereocenters. The molecule has 3 rings (SSSR count). The van der Waals surface area contributed by atoms with Crippen LogP contribution >= 0.6 is 12.4 Å². The molecule has 26 heavy (non-hydrogen) atoms. The molecule has 148 valence electrons. The molecule has 0 amide bonds. The molecule has 4 nitrogen and oxygen atoms in total. The maximum absolute atomic E-state index is 13.2. The number of halogens is 5.